The monoisotopic (exact) mass is 536 g/mol. The average molecular weight is 537 g/mol. The molecule has 4 aromatic carbocycles. The number of carbonyl (C=O) groups excluding carboxylic acids is 1. The van der Waals surface area contributed by atoms with Gasteiger partial charge >= 0.3 is 6.03 Å². The van der Waals surface area contributed by atoms with Crippen molar-refractivity contribution in [2.45, 2.75) is 52.9 Å². The number of benzene rings is 4. The SMILES string of the molecule is CCN(CC)CCCN(Cc1ccc(CNCc2ccccc2)cc1)C(=O)NC(C)c1cccc2ccccc12. The second kappa shape index (κ2) is 15.2. The van der Waals surface area contributed by atoms with Crippen LogP contribution in [0.5, 0.6) is 0 Å². The fraction of sp³-hybridized carbons (Fsp3) is 0.343. The number of urea groups is 1. The van der Waals surface area contributed by atoms with E-state index in [1.807, 2.05) is 11.0 Å². The highest BCUT2D eigenvalue weighted by Gasteiger charge is 2.18. The van der Waals surface area contributed by atoms with Gasteiger partial charge in [0.15, 0.2) is 0 Å². The summed E-state index contributed by atoms with van der Waals surface area (Å²) in [6.45, 7) is 12.5. The Kier molecular flexibility index (Phi) is 11.1. The van der Waals surface area contributed by atoms with Crippen molar-refractivity contribution in [3.63, 3.8) is 0 Å². The third-order valence-electron chi connectivity index (χ3n) is 7.61. The van der Waals surface area contributed by atoms with Crippen molar-refractivity contribution in [3.8, 4) is 0 Å². The van der Waals surface area contributed by atoms with E-state index in [9.17, 15) is 4.79 Å². The maximum Gasteiger partial charge on any atom is 0.318 e. The molecule has 1 atom stereocenters. The van der Waals surface area contributed by atoms with Crippen molar-refractivity contribution in [1.29, 1.82) is 0 Å². The lowest BCUT2D eigenvalue weighted by Crippen LogP contribution is -2.42. The molecule has 1 unspecified atom stereocenters. The summed E-state index contributed by atoms with van der Waals surface area (Å²) >= 11 is 0. The lowest BCUT2D eigenvalue weighted by molar-refractivity contribution is 0.186. The summed E-state index contributed by atoms with van der Waals surface area (Å²) in [5.74, 6) is 0. The van der Waals surface area contributed by atoms with E-state index in [-0.39, 0.29) is 12.1 Å². The molecular formula is C35H44N4O. The normalized spacial score (nSPS) is 12.0. The fourth-order valence-electron chi connectivity index (χ4n) is 5.19. The maximum atomic E-state index is 13.6. The predicted octanol–water partition coefficient (Wildman–Crippen LogP) is 7.13. The van der Waals surface area contributed by atoms with Gasteiger partial charge in [0.05, 0.1) is 6.04 Å². The number of hydrogen-bond donors (Lipinski definition) is 2. The highest BCUT2D eigenvalue weighted by molar-refractivity contribution is 5.86. The third-order valence-corrected chi connectivity index (χ3v) is 7.61. The minimum absolute atomic E-state index is 0.0198. The number of nitrogens with one attached hydrogen (secondary N) is 2. The summed E-state index contributed by atoms with van der Waals surface area (Å²) in [5.41, 5.74) is 4.80. The molecule has 40 heavy (non-hydrogen) atoms. The average Bonchev–Trinajstić information content (AvgIpc) is 2.99. The molecule has 0 heterocycles. The van der Waals surface area contributed by atoms with Crippen molar-refractivity contribution in [3.05, 3.63) is 119 Å². The lowest BCUT2D eigenvalue weighted by atomic mass is 10.00. The Morgan fingerprint density at radius 3 is 2.08 bits per heavy atom. The van der Waals surface area contributed by atoms with Gasteiger partial charge in [-0.25, -0.2) is 4.79 Å². The van der Waals surface area contributed by atoms with Gasteiger partial charge in [-0.05, 0) is 66.0 Å². The van der Waals surface area contributed by atoms with Gasteiger partial charge in [0.25, 0.3) is 0 Å². The molecule has 0 aliphatic rings. The zero-order valence-corrected chi connectivity index (χ0v) is 24.3. The molecule has 4 rings (SSSR count). The van der Waals surface area contributed by atoms with Crippen molar-refractivity contribution >= 4 is 16.8 Å². The smallest absolute Gasteiger partial charge is 0.318 e. The molecule has 0 saturated carbocycles. The summed E-state index contributed by atoms with van der Waals surface area (Å²) < 4.78 is 0. The van der Waals surface area contributed by atoms with Gasteiger partial charge in [0, 0.05) is 26.2 Å². The molecule has 0 spiro atoms. The van der Waals surface area contributed by atoms with Crippen molar-refractivity contribution < 1.29 is 4.79 Å². The van der Waals surface area contributed by atoms with Crippen LogP contribution in [0, 0.1) is 0 Å². The first-order valence-electron chi connectivity index (χ1n) is 14.6. The van der Waals surface area contributed by atoms with E-state index in [0.29, 0.717) is 13.1 Å². The molecule has 4 aromatic rings. The number of amides is 2. The quantitative estimate of drug-likeness (QED) is 0.180. The van der Waals surface area contributed by atoms with Gasteiger partial charge in [0.2, 0.25) is 0 Å². The highest BCUT2D eigenvalue weighted by atomic mass is 16.2. The van der Waals surface area contributed by atoms with E-state index in [1.54, 1.807) is 0 Å². The molecule has 210 valence electrons. The van der Waals surface area contributed by atoms with E-state index in [1.165, 1.54) is 21.9 Å². The van der Waals surface area contributed by atoms with Gasteiger partial charge in [-0.1, -0.05) is 111 Å². The molecule has 0 aromatic heterocycles. The Labute approximate surface area is 240 Å². The first-order chi connectivity index (χ1) is 19.6. The predicted molar refractivity (Wildman–Crippen MR) is 167 cm³/mol. The van der Waals surface area contributed by atoms with Crippen molar-refractivity contribution in [2.24, 2.45) is 0 Å². The van der Waals surface area contributed by atoms with Crippen LogP contribution in [-0.4, -0.2) is 42.0 Å². The van der Waals surface area contributed by atoms with Crippen LogP contribution in [0.4, 0.5) is 4.79 Å². The Balaban J connectivity index is 1.40. The molecule has 5 nitrogen and oxygen atoms in total. The molecule has 2 amide bonds. The summed E-state index contributed by atoms with van der Waals surface area (Å²) in [4.78, 5) is 18.0. The Morgan fingerprint density at radius 1 is 0.725 bits per heavy atom. The second-order valence-corrected chi connectivity index (χ2v) is 10.4. The van der Waals surface area contributed by atoms with E-state index >= 15 is 0 Å². The van der Waals surface area contributed by atoms with E-state index < -0.39 is 0 Å². The van der Waals surface area contributed by atoms with E-state index in [0.717, 1.165) is 50.3 Å². The van der Waals surface area contributed by atoms with Gasteiger partial charge < -0.3 is 20.4 Å². The molecular weight excluding hydrogens is 492 g/mol. The van der Waals surface area contributed by atoms with Crippen LogP contribution < -0.4 is 10.6 Å². The number of nitrogens with zero attached hydrogens (tertiary/aromatic N) is 2. The Bertz CT molecular complexity index is 1310. The zero-order valence-electron chi connectivity index (χ0n) is 24.3. The van der Waals surface area contributed by atoms with E-state index in [2.05, 4.69) is 127 Å². The molecule has 0 fully saturated rings. The lowest BCUT2D eigenvalue weighted by Gasteiger charge is -2.27. The Morgan fingerprint density at radius 2 is 1.35 bits per heavy atom. The molecule has 0 bridgehead atoms. The number of carbonyl (C=O) groups is 1. The minimum atomic E-state index is -0.0954. The summed E-state index contributed by atoms with van der Waals surface area (Å²) in [6, 6.07) is 33.6. The Hall–Kier alpha value is -3.67. The van der Waals surface area contributed by atoms with Crippen LogP contribution in [0.1, 0.15) is 55.5 Å². The first kappa shape index (κ1) is 29.3. The van der Waals surface area contributed by atoms with Crippen molar-refractivity contribution in [1.82, 2.24) is 20.4 Å². The van der Waals surface area contributed by atoms with Gasteiger partial charge in [-0.15, -0.1) is 0 Å². The molecule has 5 heteroatoms. The fourth-order valence-corrected chi connectivity index (χ4v) is 5.19. The van der Waals surface area contributed by atoms with Crippen molar-refractivity contribution in [2.75, 3.05) is 26.2 Å². The highest BCUT2D eigenvalue weighted by Crippen LogP contribution is 2.24. The maximum absolute atomic E-state index is 13.6. The largest absolute Gasteiger partial charge is 0.331 e. The van der Waals surface area contributed by atoms with E-state index in [4.69, 9.17) is 0 Å². The van der Waals surface area contributed by atoms with Crippen LogP contribution in [-0.2, 0) is 19.6 Å². The summed E-state index contributed by atoms with van der Waals surface area (Å²) in [5, 5.41) is 9.18. The number of rotatable bonds is 14. The van der Waals surface area contributed by atoms with Gasteiger partial charge in [0.1, 0.15) is 0 Å². The van der Waals surface area contributed by atoms with Crippen LogP contribution in [0.25, 0.3) is 10.8 Å². The molecule has 0 radical (unpaired) electrons. The van der Waals surface area contributed by atoms with Crippen LogP contribution >= 0.6 is 0 Å². The topological polar surface area (TPSA) is 47.6 Å². The van der Waals surface area contributed by atoms with Gasteiger partial charge in [-0.2, -0.15) is 0 Å². The second-order valence-electron chi connectivity index (χ2n) is 10.4. The number of hydrogen-bond acceptors (Lipinski definition) is 3. The standard InChI is InChI=1S/C35H44N4O/c1-4-38(5-2)23-12-24-39(35(40)37-28(3)33-18-11-16-32-15-9-10-17-34(32)33)27-31-21-19-30(20-22-31)26-36-25-29-13-7-6-8-14-29/h6-11,13-22,28,36H,4-5,12,23-27H2,1-3H3,(H,37,40). The van der Waals surface area contributed by atoms with Crippen LogP contribution in [0.2, 0.25) is 0 Å². The van der Waals surface area contributed by atoms with Crippen LogP contribution in [0.15, 0.2) is 97.1 Å². The minimum Gasteiger partial charge on any atom is -0.331 e. The zero-order chi connectivity index (χ0) is 28.2. The van der Waals surface area contributed by atoms with Crippen LogP contribution in [0.3, 0.4) is 0 Å². The number of fused-ring (bicyclic) bond motifs is 1. The molecule has 0 saturated heterocycles. The third kappa shape index (κ3) is 8.41. The molecule has 2 N–H and O–H groups in total. The van der Waals surface area contributed by atoms with Gasteiger partial charge in [-0.3, -0.25) is 0 Å². The summed E-state index contributed by atoms with van der Waals surface area (Å²) in [7, 11) is 0. The summed E-state index contributed by atoms with van der Waals surface area (Å²) in [6.07, 6.45) is 0.944. The first-order valence-corrected chi connectivity index (χ1v) is 14.6. The molecule has 0 aliphatic heterocycles. The molecule has 0 aliphatic carbocycles.